The quantitative estimate of drug-likeness (QED) is 0.527. The average Bonchev–Trinajstić information content (AvgIpc) is 2.34. The van der Waals surface area contributed by atoms with Crippen LogP contribution >= 0.6 is 0 Å². The lowest BCUT2D eigenvalue weighted by molar-refractivity contribution is -0.385. The molecule has 0 spiro atoms. The Hall–Kier alpha value is -2.48. The number of aliphatic carboxylic acids is 1. The van der Waals surface area contributed by atoms with Crippen LogP contribution in [0.2, 0.25) is 0 Å². The molecule has 114 valence electrons. The number of carbonyl (C=O) groups excluding carboxylic acids is 1. The molecule has 0 fully saturated rings. The Morgan fingerprint density at radius 1 is 1.43 bits per heavy atom. The maximum absolute atomic E-state index is 12.0. The first-order valence-corrected chi connectivity index (χ1v) is 6.10. The third kappa shape index (κ3) is 4.53. The van der Waals surface area contributed by atoms with E-state index in [-0.39, 0.29) is 23.4 Å². The van der Waals surface area contributed by atoms with E-state index in [1.807, 2.05) is 0 Å². The Balaban J connectivity index is 2.84. The van der Waals surface area contributed by atoms with E-state index in [0.29, 0.717) is 0 Å². The highest BCUT2D eigenvalue weighted by Crippen LogP contribution is 2.21. The van der Waals surface area contributed by atoms with E-state index >= 15 is 0 Å². The minimum Gasteiger partial charge on any atom is -0.481 e. The number of carboxylic acids is 1. The lowest BCUT2D eigenvalue weighted by Crippen LogP contribution is -2.42. The maximum Gasteiger partial charge on any atom is 0.306 e. The Morgan fingerprint density at radius 2 is 2.05 bits per heavy atom. The van der Waals surface area contributed by atoms with Gasteiger partial charge in [-0.2, -0.15) is 0 Å². The van der Waals surface area contributed by atoms with Crippen molar-refractivity contribution in [2.45, 2.75) is 25.9 Å². The number of benzene rings is 1. The van der Waals surface area contributed by atoms with Gasteiger partial charge in [0.1, 0.15) is 0 Å². The van der Waals surface area contributed by atoms with Gasteiger partial charge in [0, 0.05) is 23.7 Å². The summed E-state index contributed by atoms with van der Waals surface area (Å²) in [7, 11) is 0. The van der Waals surface area contributed by atoms with Crippen molar-refractivity contribution in [2.75, 3.05) is 6.54 Å². The molecule has 0 heterocycles. The molecule has 1 atom stereocenters. The Labute approximate surface area is 120 Å². The Morgan fingerprint density at radius 3 is 2.57 bits per heavy atom. The number of nitro benzene ring substituents is 1. The van der Waals surface area contributed by atoms with Crippen LogP contribution in [0.1, 0.15) is 29.3 Å². The smallest absolute Gasteiger partial charge is 0.306 e. The van der Waals surface area contributed by atoms with E-state index in [1.54, 1.807) is 0 Å². The van der Waals surface area contributed by atoms with Crippen LogP contribution in [-0.4, -0.2) is 39.2 Å². The summed E-state index contributed by atoms with van der Waals surface area (Å²) in [6, 6.07) is 4.09. The number of amides is 1. The van der Waals surface area contributed by atoms with Gasteiger partial charge in [-0.15, -0.1) is 0 Å². The Kier molecular flexibility index (Phi) is 4.98. The fourth-order valence-corrected chi connectivity index (χ4v) is 1.82. The Bertz CT molecular complexity index is 582. The zero-order valence-electron chi connectivity index (χ0n) is 11.6. The van der Waals surface area contributed by atoms with Gasteiger partial charge in [0.05, 0.1) is 16.9 Å². The van der Waals surface area contributed by atoms with Gasteiger partial charge in [-0.1, -0.05) is 6.07 Å². The van der Waals surface area contributed by atoms with Gasteiger partial charge < -0.3 is 15.5 Å². The first-order chi connectivity index (χ1) is 9.64. The molecule has 1 aromatic carbocycles. The van der Waals surface area contributed by atoms with Crippen molar-refractivity contribution in [3.8, 4) is 0 Å². The number of hydrogen-bond acceptors (Lipinski definition) is 5. The van der Waals surface area contributed by atoms with Gasteiger partial charge in [-0.05, 0) is 19.9 Å². The summed E-state index contributed by atoms with van der Waals surface area (Å²) in [6.45, 7) is 2.45. The lowest BCUT2D eigenvalue weighted by Gasteiger charge is -2.21. The first kappa shape index (κ1) is 16.6. The summed E-state index contributed by atoms with van der Waals surface area (Å²) >= 11 is 0. The summed E-state index contributed by atoms with van der Waals surface area (Å²) in [5.41, 5.74) is -1.47. The van der Waals surface area contributed by atoms with E-state index in [4.69, 9.17) is 5.11 Å². The zero-order valence-corrected chi connectivity index (χ0v) is 11.6. The molecule has 1 aromatic rings. The molecule has 0 saturated heterocycles. The maximum atomic E-state index is 12.0. The van der Waals surface area contributed by atoms with Crippen LogP contribution in [0.5, 0.6) is 0 Å². The number of nitrogens with one attached hydrogen (secondary N) is 1. The number of nitro groups is 1. The van der Waals surface area contributed by atoms with E-state index in [2.05, 4.69) is 5.32 Å². The van der Waals surface area contributed by atoms with Crippen LogP contribution in [0.15, 0.2) is 18.2 Å². The summed E-state index contributed by atoms with van der Waals surface area (Å²) in [5.74, 6) is -1.80. The summed E-state index contributed by atoms with van der Waals surface area (Å²) in [4.78, 5) is 32.7. The molecule has 1 amide bonds. The molecule has 0 radical (unpaired) electrons. The number of carboxylic acid groups (broad SMARTS) is 1. The topological polar surface area (TPSA) is 130 Å². The van der Waals surface area contributed by atoms with Gasteiger partial charge in [0.25, 0.3) is 11.6 Å². The highest BCUT2D eigenvalue weighted by atomic mass is 16.6. The minimum absolute atomic E-state index is 0.107. The molecule has 0 aromatic heterocycles. The zero-order chi connectivity index (χ0) is 16.2. The number of hydrogen-bond donors (Lipinski definition) is 3. The van der Waals surface area contributed by atoms with E-state index in [1.165, 1.54) is 32.0 Å². The van der Waals surface area contributed by atoms with Crippen molar-refractivity contribution in [3.63, 3.8) is 0 Å². The molecule has 0 aliphatic heterocycles. The van der Waals surface area contributed by atoms with Gasteiger partial charge in [-0.3, -0.25) is 19.7 Å². The van der Waals surface area contributed by atoms with E-state index in [9.17, 15) is 24.8 Å². The van der Waals surface area contributed by atoms with E-state index in [0.717, 1.165) is 0 Å². The number of aliphatic hydroxyl groups is 1. The van der Waals surface area contributed by atoms with Gasteiger partial charge in [0.2, 0.25) is 0 Å². The van der Waals surface area contributed by atoms with Crippen LogP contribution in [-0.2, 0) is 4.79 Å². The second kappa shape index (κ2) is 6.31. The monoisotopic (exact) mass is 296 g/mol. The summed E-state index contributed by atoms with van der Waals surface area (Å²) in [5, 5.41) is 31.6. The van der Waals surface area contributed by atoms with E-state index < -0.39 is 28.8 Å². The number of carbonyl (C=O) groups is 2. The highest BCUT2D eigenvalue weighted by Gasteiger charge is 2.26. The highest BCUT2D eigenvalue weighted by molar-refractivity contribution is 5.96. The van der Waals surface area contributed by atoms with Crippen molar-refractivity contribution in [1.29, 1.82) is 0 Å². The average molecular weight is 296 g/mol. The number of rotatable bonds is 6. The third-order valence-electron chi connectivity index (χ3n) is 2.91. The molecule has 3 N–H and O–H groups in total. The molecule has 8 heteroatoms. The molecule has 0 bridgehead atoms. The molecule has 0 aliphatic rings. The third-order valence-corrected chi connectivity index (χ3v) is 2.91. The van der Waals surface area contributed by atoms with Crippen LogP contribution in [0.3, 0.4) is 0 Å². The predicted molar refractivity (Wildman–Crippen MR) is 73.0 cm³/mol. The van der Waals surface area contributed by atoms with Crippen molar-refractivity contribution in [3.05, 3.63) is 39.4 Å². The molecule has 1 rings (SSSR count). The van der Waals surface area contributed by atoms with Crippen molar-refractivity contribution in [1.82, 2.24) is 5.32 Å². The van der Waals surface area contributed by atoms with Gasteiger partial charge in [-0.25, -0.2) is 0 Å². The van der Waals surface area contributed by atoms with Crippen molar-refractivity contribution in [2.24, 2.45) is 0 Å². The second-order valence-electron chi connectivity index (χ2n) is 4.96. The van der Waals surface area contributed by atoms with Crippen LogP contribution in [0, 0.1) is 17.0 Å². The fraction of sp³-hybridized carbons (Fsp3) is 0.385. The van der Waals surface area contributed by atoms with Crippen molar-refractivity contribution >= 4 is 17.6 Å². The number of nitrogens with zero attached hydrogens (tertiary/aromatic N) is 1. The second-order valence-corrected chi connectivity index (χ2v) is 4.96. The SMILES string of the molecule is Cc1c(C(=O)NCC(C)(O)CC(=O)O)cccc1[N+](=O)[O-]. The van der Waals surface area contributed by atoms with Gasteiger partial charge in [0.15, 0.2) is 0 Å². The normalized spacial score (nSPS) is 13.3. The summed E-state index contributed by atoms with van der Waals surface area (Å²) < 4.78 is 0. The molecule has 1 unspecified atom stereocenters. The van der Waals surface area contributed by atoms with Crippen molar-refractivity contribution < 1.29 is 24.7 Å². The minimum atomic E-state index is -1.60. The molecular formula is C13H16N2O6. The fourth-order valence-electron chi connectivity index (χ4n) is 1.82. The molecule has 0 aliphatic carbocycles. The molecule has 21 heavy (non-hydrogen) atoms. The standard InChI is InChI=1S/C13H16N2O6/c1-8-9(4-3-5-10(8)15(20)21)12(18)14-7-13(2,19)6-11(16)17/h3-5,19H,6-7H2,1-2H3,(H,14,18)(H,16,17). The van der Waals surface area contributed by atoms with Crippen LogP contribution in [0.25, 0.3) is 0 Å². The summed E-state index contributed by atoms with van der Waals surface area (Å²) in [6.07, 6.45) is -0.527. The first-order valence-electron chi connectivity index (χ1n) is 6.10. The largest absolute Gasteiger partial charge is 0.481 e. The van der Waals surface area contributed by atoms with Gasteiger partial charge >= 0.3 is 5.97 Å². The van der Waals surface area contributed by atoms with Crippen LogP contribution in [0.4, 0.5) is 5.69 Å². The molecular weight excluding hydrogens is 280 g/mol. The predicted octanol–water partition coefficient (Wildman–Crippen LogP) is 0.859. The lowest BCUT2D eigenvalue weighted by atomic mass is 10.0. The molecule has 8 nitrogen and oxygen atoms in total. The molecule has 0 saturated carbocycles. The van der Waals surface area contributed by atoms with Crippen LogP contribution < -0.4 is 5.32 Å².